The van der Waals surface area contributed by atoms with Gasteiger partial charge in [0.25, 0.3) is 0 Å². The summed E-state index contributed by atoms with van der Waals surface area (Å²) >= 11 is 0. The zero-order chi connectivity index (χ0) is 21.3. The van der Waals surface area contributed by atoms with Crippen molar-refractivity contribution in [3.8, 4) is 0 Å². The van der Waals surface area contributed by atoms with Crippen LogP contribution in [0.3, 0.4) is 0 Å². The number of carbonyl (C=O) groups is 1. The lowest BCUT2D eigenvalue weighted by atomic mass is 10.0. The van der Waals surface area contributed by atoms with E-state index in [0.29, 0.717) is 12.5 Å². The summed E-state index contributed by atoms with van der Waals surface area (Å²) < 4.78 is 5.50. The fraction of sp³-hybridized carbons (Fsp3) is 0.750. The Morgan fingerprint density at radius 1 is 0.733 bits per heavy atom. The van der Waals surface area contributed by atoms with E-state index in [2.05, 4.69) is 19.1 Å². The Hall–Kier alpha value is -1.31. The molecular weight excluding hydrogens is 368 g/mol. The molecule has 2 atom stereocenters. The third-order valence-electron chi connectivity index (χ3n) is 6.56. The summed E-state index contributed by atoms with van der Waals surface area (Å²) in [6, 6.07) is 10.4. The maximum Gasteiger partial charge on any atom is 0.309 e. The summed E-state index contributed by atoms with van der Waals surface area (Å²) in [5.74, 6) is 0.516. The van der Waals surface area contributed by atoms with Crippen LogP contribution in [0, 0.1) is 5.92 Å². The van der Waals surface area contributed by atoms with Crippen LogP contribution < -0.4 is 0 Å². The maximum absolute atomic E-state index is 12.1. The van der Waals surface area contributed by atoms with Gasteiger partial charge in [-0.05, 0) is 24.3 Å². The summed E-state index contributed by atoms with van der Waals surface area (Å²) in [5, 5.41) is 0. The Bertz CT molecular complexity index is 539. The van der Waals surface area contributed by atoms with E-state index in [0.717, 1.165) is 12.8 Å². The lowest BCUT2D eigenvalue weighted by Gasteiger charge is -2.05. The number of unbranched alkanes of at least 4 members (excludes halogenated alkanes) is 15. The summed E-state index contributed by atoms with van der Waals surface area (Å²) in [4.78, 5) is 12.1. The van der Waals surface area contributed by atoms with Crippen molar-refractivity contribution in [2.75, 3.05) is 6.61 Å². The van der Waals surface area contributed by atoms with Crippen LogP contribution in [0.25, 0.3) is 0 Å². The summed E-state index contributed by atoms with van der Waals surface area (Å²) in [5.41, 5.74) is 1.28. The molecule has 2 rings (SSSR count). The van der Waals surface area contributed by atoms with Gasteiger partial charge in [-0.2, -0.15) is 0 Å². The minimum absolute atomic E-state index is 0.0183. The molecule has 1 fully saturated rings. The first-order valence-electron chi connectivity index (χ1n) is 13.0. The molecule has 0 heterocycles. The van der Waals surface area contributed by atoms with Gasteiger partial charge in [-0.25, -0.2) is 0 Å². The largest absolute Gasteiger partial charge is 0.465 e. The molecule has 0 bridgehead atoms. The molecule has 1 aliphatic rings. The first kappa shape index (κ1) is 25.0. The molecule has 0 aliphatic heterocycles. The molecule has 2 unspecified atom stereocenters. The van der Waals surface area contributed by atoms with Crippen LogP contribution in [0.4, 0.5) is 0 Å². The van der Waals surface area contributed by atoms with Crippen molar-refractivity contribution < 1.29 is 9.53 Å². The quantitative estimate of drug-likeness (QED) is 0.167. The van der Waals surface area contributed by atoms with Crippen LogP contribution in [-0.2, 0) is 9.53 Å². The van der Waals surface area contributed by atoms with E-state index in [1.165, 1.54) is 102 Å². The van der Waals surface area contributed by atoms with Gasteiger partial charge in [0.2, 0.25) is 0 Å². The van der Waals surface area contributed by atoms with E-state index >= 15 is 0 Å². The SMILES string of the molecule is CCCCCCCCCCCCCCCCCCOC(=O)C1CC1c1ccccc1. The Balaban J connectivity index is 1.28. The topological polar surface area (TPSA) is 26.3 Å². The van der Waals surface area contributed by atoms with Gasteiger partial charge in [0.15, 0.2) is 0 Å². The van der Waals surface area contributed by atoms with Crippen molar-refractivity contribution in [1.29, 1.82) is 0 Å². The molecule has 0 spiro atoms. The fourth-order valence-electron chi connectivity index (χ4n) is 4.45. The highest BCUT2D eigenvalue weighted by Crippen LogP contribution is 2.48. The monoisotopic (exact) mass is 414 g/mol. The smallest absolute Gasteiger partial charge is 0.309 e. The highest BCUT2D eigenvalue weighted by atomic mass is 16.5. The number of benzene rings is 1. The van der Waals surface area contributed by atoms with Gasteiger partial charge in [0.1, 0.15) is 0 Å². The van der Waals surface area contributed by atoms with Crippen LogP contribution in [0.2, 0.25) is 0 Å². The third-order valence-corrected chi connectivity index (χ3v) is 6.56. The van der Waals surface area contributed by atoms with E-state index in [-0.39, 0.29) is 11.9 Å². The van der Waals surface area contributed by atoms with Gasteiger partial charge >= 0.3 is 5.97 Å². The van der Waals surface area contributed by atoms with Crippen molar-refractivity contribution in [3.63, 3.8) is 0 Å². The molecule has 2 nitrogen and oxygen atoms in total. The molecule has 170 valence electrons. The second kappa shape index (κ2) is 16.4. The highest BCUT2D eigenvalue weighted by Gasteiger charge is 2.44. The van der Waals surface area contributed by atoms with Crippen LogP contribution >= 0.6 is 0 Å². The van der Waals surface area contributed by atoms with Crippen molar-refractivity contribution in [3.05, 3.63) is 35.9 Å². The van der Waals surface area contributed by atoms with Crippen LogP contribution in [0.1, 0.15) is 128 Å². The highest BCUT2D eigenvalue weighted by molar-refractivity contribution is 5.77. The van der Waals surface area contributed by atoms with Crippen LogP contribution in [0.15, 0.2) is 30.3 Å². The minimum Gasteiger partial charge on any atom is -0.465 e. The molecule has 1 aliphatic carbocycles. The Morgan fingerprint density at radius 3 is 1.70 bits per heavy atom. The number of ether oxygens (including phenoxy) is 1. The number of esters is 1. The Kier molecular flexibility index (Phi) is 13.6. The van der Waals surface area contributed by atoms with Crippen molar-refractivity contribution >= 4 is 5.97 Å². The van der Waals surface area contributed by atoms with Gasteiger partial charge in [-0.3, -0.25) is 4.79 Å². The maximum atomic E-state index is 12.1. The van der Waals surface area contributed by atoms with Crippen LogP contribution in [0.5, 0.6) is 0 Å². The molecule has 0 N–H and O–H groups in total. The molecule has 0 aromatic heterocycles. The Morgan fingerprint density at radius 2 is 1.20 bits per heavy atom. The number of carbonyl (C=O) groups excluding carboxylic acids is 1. The summed E-state index contributed by atoms with van der Waals surface area (Å²) in [7, 11) is 0. The van der Waals surface area contributed by atoms with Gasteiger partial charge in [-0.15, -0.1) is 0 Å². The average Bonchev–Trinajstić information content (AvgIpc) is 3.57. The third kappa shape index (κ3) is 11.2. The fourth-order valence-corrected chi connectivity index (χ4v) is 4.45. The van der Waals surface area contributed by atoms with Gasteiger partial charge in [0.05, 0.1) is 12.5 Å². The standard InChI is InChI=1S/C28H46O2/c1-2-3-4-5-6-7-8-9-10-11-12-13-14-15-16-20-23-30-28(29)27-24-26(27)25-21-18-17-19-22-25/h17-19,21-22,26-27H,2-16,20,23-24H2,1H3. The van der Waals surface area contributed by atoms with Gasteiger partial charge in [-0.1, -0.05) is 134 Å². The van der Waals surface area contributed by atoms with Crippen LogP contribution in [-0.4, -0.2) is 12.6 Å². The van der Waals surface area contributed by atoms with E-state index < -0.39 is 0 Å². The van der Waals surface area contributed by atoms with E-state index in [4.69, 9.17) is 4.74 Å². The molecular formula is C28H46O2. The van der Waals surface area contributed by atoms with Crippen molar-refractivity contribution in [2.24, 2.45) is 5.92 Å². The molecule has 1 saturated carbocycles. The predicted octanol–water partition coefficient (Wildman–Crippen LogP) is 8.59. The van der Waals surface area contributed by atoms with Gasteiger partial charge < -0.3 is 4.74 Å². The second-order valence-corrected chi connectivity index (χ2v) is 9.33. The molecule has 1 aromatic rings. The lowest BCUT2D eigenvalue weighted by Crippen LogP contribution is -2.09. The van der Waals surface area contributed by atoms with E-state index in [9.17, 15) is 4.79 Å². The minimum atomic E-state index is 0.0183. The first-order valence-corrected chi connectivity index (χ1v) is 13.0. The van der Waals surface area contributed by atoms with E-state index in [1.807, 2.05) is 18.2 Å². The average molecular weight is 415 g/mol. The number of rotatable bonds is 19. The van der Waals surface area contributed by atoms with Crippen molar-refractivity contribution in [1.82, 2.24) is 0 Å². The number of hydrogen-bond donors (Lipinski definition) is 0. The predicted molar refractivity (Wildman–Crippen MR) is 128 cm³/mol. The van der Waals surface area contributed by atoms with Crippen molar-refractivity contribution in [2.45, 2.75) is 122 Å². The zero-order valence-corrected chi connectivity index (χ0v) is 19.6. The molecule has 30 heavy (non-hydrogen) atoms. The summed E-state index contributed by atoms with van der Waals surface area (Å²) in [6.45, 7) is 2.89. The first-order chi connectivity index (χ1) is 14.8. The number of hydrogen-bond acceptors (Lipinski definition) is 2. The summed E-state index contributed by atoms with van der Waals surface area (Å²) in [6.07, 6.45) is 22.8. The van der Waals surface area contributed by atoms with Gasteiger partial charge in [0, 0.05) is 0 Å². The molecule has 0 amide bonds. The van der Waals surface area contributed by atoms with E-state index in [1.54, 1.807) is 0 Å². The lowest BCUT2D eigenvalue weighted by molar-refractivity contribution is -0.145. The normalized spacial score (nSPS) is 17.8. The molecule has 2 heteroatoms. The molecule has 0 saturated heterocycles. The second-order valence-electron chi connectivity index (χ2n) is 9.33. The molecule has 0 radical (unpaired) electrons. The Labute approximate surface area is 186 Å². The molecule has 1 aromatic carbocycles. The zero-order valence-electron chi connectivity index (χ0n) is 19.6.